The molecule has 2 aromatic carbocycles. The maximum Gasteiger partial charge on any atom is 0.255 e. The Balaban J connectivity index is 1.79. The third kappa shape index (κ3) is 4.68. The van der Waals surface area contributed by atoms with Crippen LogP contribution < -0.4 is 11.1 Å². The van der Waals surface area contributed by atoms with Crippen LogP contribution in [0.3, 0.4) is 0 Å². The molecule has 0 radical (unpaired) electrons. The number of hydrogen-bond acceptors (Lipinski definition) is 4. The molecule has 0 fully saturated rings. The molecule has 0 aliphatic carbocycles. The van der Waals surface area contributed by atoms with Crippen molar-refractivity contribution < 1.29 is 14.3 Å². The van der Waals surface area contributed by atoms with Crippen LogP contribution in [0.5, 0.6) is 0 Å². The molecule has 32 heavy (non-hydrogen) atoms. The van der Waals surface area contributed by atoms with Crippen LogP contribution in [0.15, 0.2) is 60.0 Å². The molecule has 1 heterocycles. The number of anilines is 2. The van der Waals surface area contributed by atoms with Gasteiger partial charge in [-0.25, -0.2) is 0 Å². The Kier molecular flexibility index (Phi) is 6.99. The molecule has 1 aromatic heterocycles. The van der Waals surface area contributed by atoms with E-state index in [9.17, 15) is 14.3 Å². The molecule has 7 heteroatoms. The SMILES string of the molecule is CC(c1ccc(C(=O)Nc2cc(-c3cccs3)ccc2N)cc1)C(C)(C)P(=O)(O)C(C)C. The summed E-state index contributed by atoms with van der Waals surface area (Å²) in [6.07, 6.45) is 0. The molecule has 0 bridgehead atoms. The number of nitrogens with two attached hydrogens (primary N) is 1. The number of thiophene rings is 1. The van der Waals surface area contributed by atoms with E-state index < -0.39 is 12.5 Å². The number of carbonyl (C=O) groups is 1. The van der Waals surface area contributed by atoms with Crippen molar-refractivity contribution in [3.05, 3.63) is 71.1 Å². The number of benzene rings is 2. The van der Waals surface area contributed by atoms with Gasteiger partial charge in [-0.05, 0) is 52.8 Å². The van der Waals surface area contributed by atoms with Gasteiger partial charge in [-0.15, -0.1) is 11.3 Å². The van der Waals surface area contributed by atoms with Crippen molar-refractivity contribution in [1.29, 1.82) is 0 Å². The number of nitrogens with one attached hydrogen (secondary N) is 1. The van der Waals surface area contributed by atoms with Gasteiger partial charge in [-0.1, -0.05) is 58.9 Å². The van der Waals surface area contributed by atoms with E-state index in [0.717, 1.165) is 16.0 Å². The molecule has 5 nitrogen and oxygen atoms in total. The molecule has 1 amide bonds. The van der Waals surface area contributed by atoms with Gasteiger partial charge in [0.05, 0.1) is 11.4 Å². The van der Waals surface area contributed by atoms with Crippen LogP contribution in [0.2, 0.25) is 0 Å². The fourth-order valence-electron chi connectivity index (χ4n) is 3.73. The van der Waals surface area contributed by atoms with Gasteiger partial charge in [-0.2, -0.15) is 0 Å². The van der Waals surface area contributed by atoms with Crippen LogP contribution in [0.4, 0.5) is 11.4 Å². The number of rotatable bonds is 7. The van der Waals surface area contributed by atoms with E-state index in [1.54, 1.807) is 43.4 Å². The fourth-order valence-corrected chi connectivity index (χ4v) is 6.49. The largest absolute Gasteiger partial charge is 0.397 e. The van der Waals surface area contributed by atoms with Gasteiger partial charge >= 0.3 is 0 Å². The van der Waals surface area contributed by atoms with Crippen LogP contribution in [0.25, 0.3) is 10.4 Å². The molecular weight excluding hydrogens is 439 g/mol. The molecule has 3 aromatic rings. The Morgan fingerprint density at radius 1 is 1.09 bits per heavy atom. The Bertz CT molecular complexity index is 1140. The second-order valence-electron chi connectivity index (χ2n) is 8.95. The highest BCUT2D eigenvalue weighted by Crippen LogP contribution is 2.62. The zero-order valence-electron chi connectivity index (χ0n) is 19.1. The molecule has 0 saturated carbocycles. The lowest BCUT2D eigenvalue weighted by Crippen LogP contribution is -2.31. The highest BCUT2D eigenvalue weighted by Gasteiger charge is 2.45. The summed E-state index contributed by atoms with van der Waals surface area (Å²) >= 11 is 1.62. The summed E-state index contributed by atoms with van der Waals surface area (Å²) in [4.78, 5) is 24.6. The van der Waals surface area contributed by atoms with Crippen LogP contribution in [-0.4, -0.2) is 21.6 Å². The van der Waals surface area contributed by atoms with Crippen molar-refractivity contribution in [2.24, 2.45) is 0 Å². The van der Waals surface area contributed by atoms with Crippen molar-refractivity contribution in [2.45, 2.75) is 51.4 Å². The number of nitrogen functional groups attached to an aromatic ring is 1. The average molecular weight is 471 g/mol. The van der Waals surface area contributed by atoms with Crippen molar-refractivity contribution in [3.8, 4) is 10.4 Å². The van der Waals surface area contributed by atoms with E-state index in [1.165, 1.54) is 0 Å². The van der Waals surface area contributed by atoms with Crippen molar-refractivity contribution in [3.63, 3.8) is 0 Å². The molecule has 3 rings (SSSR count). The van der Waals surface area contributed by atoms with Gasteiger partial charge in [0.15, 0.2) is 0 Å². The van der Waals surface area contributed by atoms with E-state index in [2.05, 4.69) is 5.32 Å². The van der Waals surface area contributed by atoms with Crippen LogP contribution in [-0.2, 0) is 4.57 Å². The summed E-state index contributed by atoms with van der Waals surface area (Å²) in [5.74, 6) is -0.413. The fraction of sp³-hybridized carbons (Fsp3) is 0.320. The highest BCUT2D eigenvalue weighted by molar-refractivity contribution is 7.60. The quantitative estimate of drug-likeness (QED) is 0.261. The lowest BCUT2D eigenvalue weighted by Gasteiger charge is -2.38. The molecule has 2 unspecified atom stereocenters. The van der Waals surface area contributed by atoms with Gasteiger partial charge in [0, 0.05) is 21.3 Å². The minimum absolute atomic E-state index is 0.157. The molecule has 0 saturated heterocycles. The zero-order valence-corrected chi connectivity index (χ0v) is 20.8. The second kappa shape index (κ2) is 9.22. The lowest BCUT2D eigenvalue weighted by molar-refractivity contribution is 0.102. The predicted octanol–water partition coefficient (Wildman–Crippen LogP) is 6.81. The van der Waals surface area contributed by atoms with E-state index in [4.69, 9.17) is 5.73 Å². The summed E-state index contributed by atoms with van der Waals surface area (Å²) in [6, 6.07) is 16.8. The summed E-state index contributed by atoms with van der Waals surface area (Å²) in [6.45, 7) is 9.19. The normalized spacial score (nSPS) is 14.7. The van der Waals surface area contributed by atoms with E-state index in [-0.39, 0.29) is 17.5 Å². The van der Waals surface area contributed by atoms with Crippen LogP contribution >= 0.6 is 18.7 Å². The minimum atomic E-state index is -3.39. The van der Waals surface area contributed by atoms with Crippen LogP contribution in [0.1, 0.15) is 56.5 Å². The summed E-state index contributed by atoms with van der Waals surface area (Å²) in [5, 5.41) is 4.12. The second-order valence-corrected chi connectivity index (χ2v) is 13.3. The van der Waals surface area contributed by atoms with Crippen molar-refractivity contribution in [1.82, 2.24) is 0 Å². The first-order valence-corrected chi connectivity index (χ1v) is 13.2. The molecular formula is C25H31N2O3PS. The molecule has 170 valence electrons. The Labute approximate surface area is 194 Å². The van der Waals surface area contributed by atoms with Crippen molar-refractivity contribution >= 4 is 36.0 Å². The van der Waals surface area contributed by atoms with Gasteiger partial charge < -0.3 is 15.9 Å². The Hall–Kier alpha value is -2.40. The molecule has 0 aliphatic rings. The summed E-state index contributed by atoms with van der Waals surface area (Å²) in [7, 11) is -3.39. The van der Waals surface area contributed by atoms with Gasteiger partial charge in [-0.3, -0.25) is 9.36 Å². The predicted molar refractivity (Wildman–Crippen MR) is 136 cm³/mol. The summed E-state index contributed by atoms with van der Waals surface area (Å²) in [5.41, 5.74) is 9.24. The zero-order chi connectivity index (χ0) is 23.7. The third-order valence-corrected chi connectivity index (χ3v) is 10.7. The first-order valence-electron chi connectivity index (χ1n) is 10.6. The highest BCUT2D eigenvalue weighted by atomic mass is 32.1. The topological polar surface area (TPSA) is 92.4 Å². The molecule has 2 atom stereocenters. The number of carbonyl (C=O) groups excluding carboxylic acids is 1. The maximum atomic E-state index is 13.0. The lowest BCUT2D eigenvalue weighted by atomic mass is 9.89. The standard InChI is InChI=1S/C25H31N2O3PS/c1-16(2)31(29,30)25(4,5)17(3)18-8-10-19(11-9-18)24(28)27-22-15-20(12-13-21(22)26)23-7-6-14-32-23/h6-17H,26H2,1-5H3,(H,27,28)(H,29,30). The van der Waals surface area contributed by atoms with Gasteiger partial charge in [0.25, 0.3) is 5.91 Å². The molecule has 0 aliphatic heterocycles. The van der Waals surface area contributed by atoms with Gasteiger partial charge in [0.2, 0.25) is 7.37 Å². The number of amides is 1. The van der Waals surface area contributed by atoms with E-state index >= 15 is 0 Å². The first kappa shape index (κ1) is 24.2. The van der Waals surface area contributed by atoms with Crippen molar-refractivity contribution in [2.75, 3.05) is 11.1 Å². The third-order valence-electron chi connectivity index (χ3n) is 6.37. The van der Waals surface area contributed by atoms with Crippen LogP contribution in [0, 0.1) is 0 Å². The average Bonchev–Trinajstić information content (AvgIpc) is 3.29. The minimum Gasteiger partial charge on any atom is -0.397 e. The monoisotopic (exact) mass is 470 g/mol. The van der Waals surface area contributed by atoms with Gasteiger partial charge in [0.1, 0.15) is 0 Å². The Morgan fingerprint density at radius 2 is 1.75 bits per heavy atom. The van der Waals surface area contributed by atoms with E-state index in [1.807, 2.05) is 62.5 Å². The Morgan fingerprint density at radius 3 is 2.31 bits per heavy atom. The molecule has 0 spiro atoms. The number of hydrogen-bond donors (Lipinski definition) is 3. The summed E-state index contributed by atoms with van der Waals surface area (Å²) < 4.78 is 13.0. The molecule has 4 N–H and O–H groups in total. The smallest absolute Gasteiger partial charge is 0.255 e. The van der Waals surface area contributed by atoms with E-state index in [0.29, 0.717) is 16.9 Å². The maximum absolute atomic E-state index is 13.0. The first-order chi connectivity index (χ1) is 14.9.